The molecule has 0 aromatic carbocycles. The van der Waals surface area contributed by atoms with Crippen molar-refractivity contribution in [2.24, 2.45) is 5.92 Å². The largest absolute Gasteiger partial charge is 0.394 e. The van der Waals surface area contributed by atoms with Crippen molar-refractivity contribution in [1.29, 1.82) is 0 Å². The van der Waals surface area contributed by atoms with E-state index in [9.17, 15) is 10.2 Å². The first-order valence-corrected chi connectivity index (χ1v) is 5.22. The van der Waals surface area contributed by atoms with Crippen molar-refractivity contribution in [3.05, 3.63) is 0 Å². The van der Waals surface area contributed by atoms with Gasteiger partial charge in [-0.05, 0) is 5.92 Å². The Balaban J connectivity index is 2.59. The van der Waals surface area contributed by atoms with Crippen molar-refractivity contribution in [1.82, 2.24) is 0 Å². The van der Waals surface area contributed by atoms with Crippen molar-refractivity contribution in [3.63, 3.8) is 0 Å². The quantitative estimate of drug-likeness (QED) is 0.600. The van der Waals surface area contributed by atoms with E-state index < -0.39 is 18.3 Å². The van der Waals surface area contributed by atoms with Crippen molar-refractivity contribution >= 4 is 0 Å². The molecule has 4 heteroatoms. The molecule has 4 nitrogen and oxygen atoms in total. The predicted octanol–water partition coefficient (Wildman–Crippen LogP) is -0.0959. The van der Waals surface area contributed by atoms with Crippen LogP contribution in [0.15, 0.2) is 0 Å². The molecule has 0 radical (unpaired) electrons. The van der Waals surface area contributed by atoms with E-state index in [1.54, 1.807) is 0 Å². The second-order valence-corrected chi connectivity index (χ2v) is 4.08. The van der Waals surface area contributed by atoms with E-state index in [4.69, 9.17) is 9.84 Å². The van der Waals surface area contributed by atoms with E-state index in [-0.39, 0.29) is 18.6 Å². The molecule has 1 heterocycles. The fourth-order valence-corrected chi connectivity index (χ4v) is 1.83. The molecular weight excluding hydrogens is 184 g/mol. The molecule has 84 valence electrons. The van der Waals surface area contributed by atoms with Gasteiger partial charge in [0.25, 0.3) is 0 Å². The first kappa shape index (κ1) is 11.9. The third kappa shape index (κ3) is 2.45. The first-order valence-electron chi connectivity index (χ1n) is 5.22. The van der Waals surface area contributed by atoms with Crippen LogP contribution in [-0.4, -0.2) is 46.3 Å². The third-order valence-electron chi connectivity index (χ3n) is 3.01. The number of hydrogen-bond donors (Lipinski definition) is 3. The summed E-state index contributed by atoms with van der Waals surface area (Å²) < 4.78 is 5.46. The molecule has 0 saturated carbocycles. The molecule has 1 rings (SSSR count). The van der Waals surface area contributed by atoms with E-state index in [1.165, 1.54) is 0 Å². The van der Waals surface area contributed by atoms with Gasteiger partial charge in [-0.15, -0.1) is 0 Å². The van der Waals surface area contributed by atoms with Crippen LogP contribution in [0.4, 0.5) is 0 Å². The smallest absolute Gasteiger partial charge is 0.107 e. The van der Waals surface area contributed by atoms with Crippen LogP contribution in [0, 0.1) is 5.92 Å². The van der Waals surface area contributed by atoms with Gasteiger partial charge in [-0.3, -0.25) is 0 Å². The minimum Gasteiger partial charge on any atom is -0.394 e. The highest BCUT2D eigenvalue weighted by Gasteiger charge is 2.37. The SMILES string of the molecule is CCC(C)C1OC(CO)[C@@H](O)C[C@@H]1O. The molecule has 0 spiro atoms. The molecule has 3 N–H and O–H groups in total. The Labute approximate surface area is 84.5 Å². The van der Waals surface area contributed by atoms with Crippen molar-refractivity contribution in [2.75, 3.05) is 6.61 Å². The Kier molecular flexibility index (Phi) is 4.31. The maximum atomic E-state index is 9.69. The van der Waals surface area contributed by atoms with Crippen LogP contribution in [0.25, 0.3) is 0 Å². The van der Waals surface area contributed by atoms with Gasteiger partial charge in [-0.25, -0.2) is 0 Å². The first-order chi connectivity index (χ1) is 6.60. The Morgan fingerprint density at radius 3 is 2.50 bits per heavy atom. The summed E-state index contributed by atoms with van der Waals surface area (Å²) in [5.41, 5.74) is 0. The van der Waals surface area contributed by atoms with E-state index >= 15 is 0 Å². The number of aliphatic hydroxyl groups is 3. The molecule has 0 aromatic heterocycles. The molecule has 1 aliphatic rings. The van der Waals surface area contributed by atoms with Gasteiger partial charge in [0, 0.05) is 6.42 Å². The molecule has 0 bridgehead atoms. The van der Waals surface area contributed by atoms with E-state index in [1.807, 2.05) is 13.8 Å². The summed E-state index contributed by atoms with van der Waals surface area (Å²) in [5, 5.41) is 28.1. The highest BCUT2D eigenvalue weighted by atomic mass is 16.5. The lowest BCUT2D eigenvalue weighted by molar-refractivity contribution is -0.193. The molecule has 5 atom stereocenters. The Hall–Kier alpha value is -0.160. The second-order valence-electron chi connectivity index (χ2n) is 4.08. The lowest BCUT2D eigenvalue weighted by Crippen LogP contribution is -2.50. The standard InChI is InChI=1S/C10H20O4/c1-3-6(2)10-8(13)4-7(12)9(5-11)14-10/h6-13H,3-5H2,1-2H3/t6?,7-,8-,9?,10?/m0/s1. The lowest BCUT2D eigenvalue weighted by atomic mass is 9.90. The summed E-state index contributed by atoms with van der Waals surface area (Å²) in [6.45, 7) is 3.83. The lowest BCUT2D eigenvalue weighted by Gasteiger charge is -2.39. The Bertz CT molecular complexity index is 174. The number of aliphatic hydroxyl groups excluding tert-OH is 3. The average Bonchev–Trinajstić information content (AvgIpc) is 2.17. The summed E-state index contributed by atoms with van der Waals surface area (Å²) in [6.07, 6.45) is -0.980. The fraction of sp³-hybridized carbons (Fsp3) is 1.00. The zero-order valence-corrected chi connectivity index (χ0v) is 8.76. The van der Waals surface area contributed by atoms with Crippen molar-refractivity contribution in [2.45, 2.75) is 51.1 Å². The number of ether oxygens (including phenoxy) is 1. The molecule has 1 fully saturated rings. The topological polar surface area (TPSA) is 69.9 Å². The maximum Gasteiger partial charge on any atom is 0.107 e. The van der Waals surface area contributed by atoms with Gasteiger partial charge in [0.2, 0.25) is 0 Å². The van der Waals surface area contributed by atoms with Crippen LogP contribution in [-0.2, 0) is 4.74 Å². The molecule has 14 heavy (non-hydrogen) atoms. The minimum atomic E-state index is -0.754. The Morgan fingerprint density at radius 2 is 2.00 bits per heavy atom. The third-order valence-corrected chi connectivity index (χ3v) is 3.01. The molecule has 1 aliphatic heterocycles. The Morgan fingerprint density at radius 1 is 1.36 bits per heavy atom. The van der Waals surface area contributed by atoms with Gasteiger partial charge in [-0.2, -0.15) is 0 Å². The van der Waals surface area contributed by atoms with Crippen LogP contribution in [0.3, 0.4) is 0 Å². The number of rotatable bonds is 3. The molecule has 1 saturated heterocycles. The summed E-state index contributed by atoms with van der Waals surface area (Å²) >= 11 is 0. The van der Waals surface area contributed by atoms with Crippen molar-refractivity contribution in [3.8, 4) is 0 Å². The predicted molar refractivity (Wildman–Crippen MR) is 51.8 cm³/mol. The average molecular weight is 204 g/mol. The van der Waals surface area contributed by atoms with Gasteiger partial charge >= 0.3 is 0 Å². The van der Waals surface area contributed by atoms with Crippen LogP contribution >= 0.6 is 0 Å². The number of hydrogen-bond acceptors (Lipinski definition) is 4. The van der Waals surface area contributed by atoms with Gasteiger partial charge in [0.1, 0.15) is 6.10 Å². The molecule has 0 aromatic rings. The fourth-order valence-electron chi connectivity index (χ4n) is 1.83. The molecule has 3 unspecified atom stereocenters. The molecular formula is C10H20O4. The van der Waals surface area contributed by atoms with E-state index in [2.05, 4.69) is 0 Å². The van der Waals surface area contributed by atoms with Crippen LogP contribution < -0.4 is 0 Å². The summed E-state index contributed by atoms with van der Waals surface area (Å²) in [6, 6.07) is 0. The van der Waals surface area contributed by atoms with E-state index in [0.717, 1.165) is 6.42 Å². The highest BCUT2D eigenvalue weighted by Crippen LogP contribution is 2.26. The normalized spacial score (nSPS) is 40.9. The van der Waals surface area contributed by atoms with E-state index in [0.29, 0.717) is 6.42 Å². The summed E-state index contributed by atoms with van der Waals surface area (Å²) in [7, 11) is 0. The van der Waals surface area contributed by atoms with Gasteiger partial charge in [-0.1, -0.05) is 20.3 Å². The monoisotopic (exact) mass is 204 g/mol. The van der Waals surface area contributed by atoms with Crippen LogP contribution in [0.1, 0.15) is 26.7 Å². The van der Waals surface area contributed by atoms with Gasteiger partial charge < -0.3 is 20.1 Å². The van der Waals surface area contributed by atoms with Gasteiger partial charge in [0.05, 0.1) is 24.9 Å². The zero-order chi connectivity index (χ0) is 10.7. The maximum absolute atomic E-state index is 9.69. The zero-order valence-electron chi connectivity index (χ0n) is 8.76. The summed E-state index contributed by atoms with van der Waals surface area (Å²) in [4.78, 5) is 0. The highest BCUT2D eigenvalue weighted by molar-refractivity contribution is 4.86. The van der Waals surface area contributed by atoms with Crippen LogP contribution in [0.5, 0.6) is 0 Å². The minimum absolute atomic E-state index is 0.194. The molecule has 0 aliphatic carbocycles. The summed E-state index contributed by atoms with van der Waals surface area (Å²) in [5.74, 6) is 0.242. The molecule has 0 amide bonds. The van der Waals surface area contributed by atoms with Gasteiger partial charge in [0.15, 0.2) is 0 Å². The second kappa shape index (κ2) is 5.07. The van der Waals surface area contributed by atoms with Crippen LogP contribution in [0.2, 0.25) is 0 Å². The van der Waals surface area contributed by atoms with Crippen molar-refractivity contribution < 1.29 is 20.1 Å².